The van der Waals surface area contributed by atoms with E-state index in [1.807, 2.05) is 0 Å². The Morgan fingerprint density at radius 3 is 2.61 bits per heavy atom. The van der Waals surface area contributed by atoms with Crippen LogP contribution in [0.4, 0.5) is 0 Å². The summed E-state index contributed by atoms with van der Waals surface area (Å²) in [6, 6.07) is 6.93. The molecule has 0 radical (unpaired) electrons. The van der Waals surface area contributed by atoms with E-state index in [-0.39, 0.29) is 12.5 Å². The highest BCUT2D eigenvalue weighted by atomic mass is 16.3. The monoisotopic (exact) mass is 249 g/mol. The number of carbonyl (C=O) groups is 1. The second kappa shape index (κ2) is 5.08. The van der Waals surface area contributed by atoms with Gasteiger partial charge in [-0.2, -0.15) is 0 Å². The van der Waals surface area contributed by atoms with Crippen LogP contribution in [0.1, 0.15) is 35.7 Å². The first-order chi connectivity index (χ1) is 8.52. The fraction of sp³-hybridized carbons (Fsp3) is 0.500. The topological polar surface area (TPSA) is 60.8 Å². The maximum atomic E-state index is 12.2. The predicted octanol–water partition coefficient (Wildman–Crippen LogP) is 1.17. The predicted molar refractivity (Wildman–Crippen MR) is 68.1 cm³/mol. The van der Waals surface area contributed by atoms with E-state index in [9.17, 15) is 9.90 Å². The molecule has 0 saturated carbocycles. The molecule has 2 rings (SSSR count). The number of likely N-dealkylation sites (tertiary alicyclic amines) is 1. The van der Waals surface area contributed by atoms with Crippen molar-refractivity contribution in [1.82, 2.24) is 4.90 Å². The van der Waals surface area contributed by atoms with Gasteiger partial charge in [-0.1, -0.05) is 12.1 Å². The van der Waals surface area contributed by atoms with Gasteiger partial charge in [0.25, 0.3) is 5.91 Å². The molecular formula is C14H19NO3. The summed E-state index contributed by atoms with van der Waals surface area (Å²) in [6.45, 7) is 2.82. The van der Waals surface area contributed by atoms with Gasteiger partial charge in [0.05, 0.1) is 12.2 Å². The number of piperidine rings is 1. The van der Waals surface area contributed by atoms with Gasteiger partial charge in [0.2, 0.25) is 0 Å². The van der Waals surface area contributed by atoms with Gasteiger partial charge in [-0.25, -0.2) is 0 Å². The molecule has 0 aromatic heterocycles. The average Bonchev–Trinajstić information content (AvgIpc) is 2.37. The van der Waals surface area contributed by atoms with Crippen LogP contribution in [-0.4, -0.2) is 39.7 Å². The lowest BCUT2D eigenvalue weighted by Gasteiger charge is -2.36. The fourth-order valence-corrected chi connectivity index (χ4v) is 2.33. The van der Waals surface area contributed by atoms with E-state index in [4.69, 9.17) is 5.11 Å². The van der Waals surface area contributed by atoms with E-state index in [1.54, 1.807) is 36.1 Å². The number of hydrogen-bond acceptors (Lipinski definition) is 3. The molecule has 1 aromatic rings. The number of amides is 1. The van der Waals surface area contributed by atoms with Crippen molar-refractivity contribution in [1.29, 1.82) is 0 Å². The van der Waals surface area contributed by atoms with Crippen molar-refractivity contribution in [2.75, 3.05) is 13.1 Å². The molecule has 1 heterocycles. The van der Waals surface area contributed by atoms with Crippen LogP contribution in [0.2, 0.25) is 0 Å². The third kappa shape index (κ3) is 2.89. The smallest absolute Gasteiger partial charge is 0.253 e. The number of rotatable bonds is 2. The molecule has 2 N–H and O–H groups in total. The van der Waals surface area contributed by atoms with Crippen LogP contribution in [0.3, 0.4) is 0 Å². The Hall–Kier alpha value is -1.39. The second-order valence-corrected chi connectivity index (χ2v) is 5.18. The molecule has 1 aromatic carbocycles. The van der Waals surface area contributed by atoms with Crippen molar-refractivity contribution in [3.63, 3.8) is 0 Å². The normalized spacial score (nSPS) is 24.1. The highest BCUT2D eigenvalue weighted by Gasteiger charge is 2.31. The first kappa shape index (κ1) is 13.1. The molecule has 18 heavy (non-hydrogen) atoms. The van der Waals surface area contributed by atoms with Crippen molar-refractivity contribution < 1.29 is 15.0 Å². The highest BCUT2D eigenvalue weighted by Crippen LogP contribution is 2.21. The molecule has 1 amide bonds. The van der Waals surface area contributed by atoms with Crippen molar-refractivity contribution in [2.45, 2.75) is 32.0 Å². The number of aliphatic hydroxyl groups is 2. The molecule has 1 aliphatic rings. The Kier molecular flexibility index (Phi) is 3.68. The fourth-order valence-electron chi connectivity index (χ4n) is 2.33. The average molecular weight is 249 g/mol. The Morgan fingerprint density at radius 2 is 2.06 bits per heavy atom. The zero-order chi connectivity index (χ0) is 13.2. The zero-order valence-corrected chi connectivity index (χ0v) is 10.6. The molecule has 1 unspecified atom stereocenters. The number of β-amino-alcohol motifs (C(OH)–C–C–N with tert-alkyl or cyclic N) is 1. The van der Waals surface area contributed by atoms with Gasteiger partial charge < -0.3 is 15.1 Å². The number of nitrogens with zero attached hydrogens (tertiary/aromatic N) is 1. The zero-order valence-electron chi connectivity index (χ0n) is 10.6. The van der Waals surface area contributed by atoms with Crippen LogP contribution in [0.25, 0.3) is 0 Å². The molecule has 0 aliphatic carbocycles. The summed E-state index contributed by atoms with van der Waals surface area (Å²) >= 11 is 0. The van der Waals surface area contributed by atoms with Crippen molar-refractivity contribution >= 4 is 5.91 Å². The van der Waals surface area contributed by atoms with Crippen LogP contribution in [-0.2, 0) is 6.61 Å². The van der Waals surface area contributed by atoms with E-state index in [1.165, 1.54) is 0 Å². The molecule has 1 saturated heterocycles. The third-order valence-corrected chi connectivity index (χ3v) is 3.35. The lowest BCUT2D eigenvalue weighted by Crippen LogP contribution is -2.48. The van der Waals surface area contributed by atoms with Crippen LogP contribution >= 0.6 is 0 Å². The van der Waals surface area contributed by atoms with E-state index >= 15 is 0 Å². The van der Waals surface area contributed by atoms with Crippen LogP contribution in [0.5, 0.6) is 0 Å². The molecule has 0 bridgehead atoms. The molecule has 98 valence electrons. The SMILES string of the molecule is CC1(O)CCCN(C(=O)c2ccc(CO)cc2)C1. The van der Waals surface area contributed by atoms with Gasteiger partial charge in [-0.3, -0.25) is 4.79 Å². The molecular weight excluding hydrogens is 230 g/mol. The summed E-state index contributed by atoms with van der Waals surface area (Å²) in [5.74, 6) is -0.0561. The maximum Gasteiger partial charge on any atom is 0.253 e. The summed E-state index contributed by atoms with van der Waals surface area (Å²) in [5, 5.41) is 19.0. The Balaban J connectivity index is 2.10. The van der Waals surface area contributed by atoms with Gasteiger partial charge in [-0.15, -0.1) is 0 Å². The second-order valence-electron chi connectivity index (χ2n) is 5.18. The summed E-state index contributed by atoms with van der Waals surface area (Å²) < 4.78 is 0. The minimum Gasteiger partial charge on any atom is -0.392 e. The number of aliphatic hydroxyl groups excluding tert-OH is 1. The maximum absolute atomic E-state index is 12.2. The Morgan fingerprint density at radius 1 is 1.39 bits per heavy atom. The number of hydrogen-bond donors (Lipinski definition) is 2. The number of carbonyl (C=O) groups excluding carboxylic acids is 1. The van der Waals surface area contributed by atoms with Crippen molar-refractivity contribution in [3.05, 3.63) is 35.4 Å². The van der Waals surface area contributed by atoms with E-state index in [0.29, 0.717) is 18.7 Å². The van der Waals surface area contributed by atoms with Crippen LogP contribution < -0.4 is 0 Å². The molecule has 1 aliphatic heterocycles. The molecule has 4 nitrogen and oxygen atoms in total. The van der Waals surface area contributed by atoms with Crippen molar-refractivity contribution in [3.8, 4) is 0 Å². The first-order valence-corrected chi connectivity index (χ1v) is 6.23. The van der Waals surface area contributed by atoms with Crippen LogP contribution in [0.15, 0.2) is 24.3 Å². The Labute approximate surface area is 107 Å². The van der Waals surface area contributed by atoms with E-state index in [2.05, 4.69) is 0 Å². The molecule has 1 atom stereocenters. The molecule has 0 spiro atoms. The minimum atomic E-state index is -0.779. The summed E-state index contributed by atoms with van der Waals surface area (Å²) in [4.78, 5) is 13.9. The van der Waals surface area contributed by atoms with Crippen LogP contribution in [0, 0.1) is 0 Å². The first-order valence-electron chi connectivity index (χ1n) is 6.23. The van der Waals surface area contributed by atoms with Gasteiger partial charge in [-0.05, 0) is 37.5 Å². The molecule has 1 fully saturated rings. The standard InChI is InChI=1S/C14H19NO3/c1-14(18)7-2-8-15(10-14)13(17)12-5-3-11(9-16)4-6-12/h3-6,16,18H,2,7-10H2,1H3. The lowest BCUT2D eigenvalue weighted by molar-refractivity contribution is -0.0107. The summed E-state index contributed by atoms with van der Waals surface area (Å²) in [6.07, 6.45) is 1.56. The largest absolute Gasteiger partial charge is 0.392 e. The van der Waals surface area contributed by atoms with Crippen molar-refractivity contribution in [2.24, 2.45) is 0 Å². The number of benzene rings is 1. The van der Waals surface area contributed by atoms with Gasteiger partial charge in [0.1, 0.15) is 0 Å². The molecule has 4 heteroatoms. The highest BCUT2D eigenvalue weighted by molar-refractivity contribution is 5.94. The van der Waals surface area contributed by atoms with E-state index in [0.717, 1.165) is 18.4 Å². The van der Waals surface area contributed by atoms with Gasteiger partial charge in [0.15, 0.2) is 0 Å². The van der Waals surface area contributed by atoms with Gasteiger partial charge in [0, 0.05) is 18.7 Å². The van der Waals surface area contributed by atoms with E-state index < -0.39 is 5.60 Å². The lowest BCUT2D eigenvalue weighted by atomic mass is 9.94. The minimum absolute atomic E-state index is 0.0209. The summed E-state index contributed by atoms with van der Waals surface area (Å²) in [5.41, 5.74) is 0.612. The summed E-state index contributed by atoms with van der Waals surface area (Å²) in [7, 11) is 0. The Bertz CT molecular complexity index is 425. The quantitative estimate of drug-likeness (QED) is 0.827. The third-order valence-electron chi connectivity index (χ3n) is 3.35. The van der Waals surface area contributed by atoms with Gasteiger partial charge >= 0.3 is 0 Å².